The fourth-order valence-electron chi connectivity index (χ4n) is 2.71. The molecule has 110 valence electrons. The smallest absolute Gasteiger partial charge is 0.225 e. The Kier molecular flexibility index (Phi) is 4.27. The van der Waals surface area contributed by atoms with Gasteiger partial charge in [-0.1, -0.05) is 0 Å². The van der Waals surface area contributed by atoms with Crippen molar-refractivity contribution >= 4 is 5.91 Å². The van der Waals surface area contributed by atoms with Gasteiger partial charge < -0.3 is 19.5 Å². The number of hydrogen-bond donors (Lipinski definition) is 1. The molecule has 0 aliphatic carbocycles. The van der Waals surface area contributed by atoms with E-state index in [2.05, 4.69) is 15.5 Å². The fraction of sp³-hybridized carbons (Fsp3) is 0.769. The summed E-state index contributed by atoms with van der Waals surface area (Å²) in [4.78, 5) is 14.0. The Morgan fingerprint density at radius 1 is 1.40 bits per heavy atom. The molecule has 3 heterocycles. The van der Waals surface area contributed by atoms with Crippen LogP contribution < -0.4 is 5.32 Å². The van der Waals surface area contributed by atoms with E-state index in [1.165, 1.54) is 0 Å². The third-order valence-corrected chi connectivity index (χ3v) is 3.95. The second-order valence-corrected chi connectivity index (χ2v) is 5.33. The number of amides is 1. The highest BCUT2D eigenvalue weighted by molar-refractivity contribution is 5.76. The summed E-state index contributed by atoms with van der Waals surface area (Å²) in [5.74, 6) is 1.01. The molecule has 1 aromatic rings. The Bertz CT molecular complexity index is 455. The maximum Gasteiger partial charge on any atom is 0.225 e. The average Bonchev–Trinajstić information content (AvgIpc) is 2.95. The fourth-order valence-corrected chi connectivity index (χ4v) is 2.71. The first-order valence-electron chi connectivity index (χ1n) is 7.30. The summed E-state index contributed by atoms with van der Waals surface area (Å²) in [5, 5.41) is 11.2. The van der Waals surface area contributed by atoms with Gasteiger partial charge in [0, 0.05) is 13.1 Å². The average molecular weight is 279 g/mol. The molecule has 0 atom stereocenters. The molecule has 1 fully saturated rings. The van der Waals surface area contributed by atoms with Crippen molar-refractivity contribution in [2.45, 2.75) is 38.5 Å². The molecule has 3 rings (SSSR count). The molecule has 0 aromatic carbocycles. The minimum Gasteiger partial charge on any atom is -0.378 e. The Morgan fingerprint density at radius 2 is 2.25 bits per heavy atom. The summed E-state index contributed by atoms with van der Waals surface area (Å²) in [6.07, 6.45) is 4.57. The molecule has 1 N–H and O–H groups in total. The number of ether oxygens (including phenoxy) is 1. The molecular weight excluding hydrogens is 258 g/mol. The van der Waals surface area contributed by atoms with Crippen molar-refractivity contribution in [3.63, 3.8) is 0 Å². The second kappa shape index (κ2) is 6.32. The van der Waals surface area contributed by atoms with Gasteiger partial charge in [-0.2, -0.15) is 0 Å². The quantitative estimate of drug-likeness (QED) is 0.825. The molecule has 2 aliphatic rings. The van der Waals surface area contributed by atoms with Crippen molar-refractivity contribution in [3.05, 3.63) is 12.2 Å². The van der Waals surface area contributed by atoms with Gasteiger partial charge in [0.15, 0.2) is 5.82 Å². The van der Waals surface area contributed by atoms with Crippen LogP contribution in [-0.4, -0.2) is 57.9 Å². The molecular formula is C13H21N5O2. The van der Waals surface area contributed by atoms with E-state index < -0.39 is 0 Å². The summed E-state index contributed by atoms with van der Waals surface area (Å²) in [6, 6.07) is 0. The van der Waals surface area contributed by atoms with Crippen LogP contribution in [0.25, 0.3) is 0 Å². The van der Waals surface area contributed by atoms with E-state index in [9.17, 15) is 4.79 Å². The van der Waals surface area contributed by atoms with Crippen molar-refractivity contribution in [3.8, 4) is 0 Å². The largest absolute Gasteiger partial charge is 0.378 e. The standard InChI is InChI=1S/C13H21N5O2/c19-13(3-8-20-11-1-4-14-5-2-11)17-6-7-18-10-15-16-12(18)9-17/h10-11,14H,1-9H2. The molecule has 0 bridgehead atoms. The van der Waals surface area contributed by atoms with Crippen LogP contribution in [0.5, 0.6) is 0 Å². The molecule has 1 amide bonds. The lowest BCUT2D eigenvalue weighted by atomic mass is 10.1. The Hall–Kier alpha value is -1.47. The molecule has 2 aliphatic heterocycles. The molecule has 0 radical (unpaired) electrons. The predicted molar refractivity (Wildman–Crippen MR) is 71.9 cm³/mol. The highest BCUT2D eigenvalue weighted by Gasteiger charge is 2.22. The molecule has 7 heteroatoms. The van der Waals surface area contributed by atoms with E-state index in [1.807, 2.05) is 9.47 Å². The lowest BCUT2D eigenvalue weighted by molar-refractivity contribution is -0.134. The second-order valence-electron chi connectivity index (χ2n) is 5.33. The summed E-state index contributed by atoms with van der Waals surface area (Å²) in [6.45, 7) is 4.63. The first kappa shape index (κ1) is 13.5. The van der Waals surface area contributed by atoms with Crippen LogP contribution in [0.2, 0.25) is 0 Å². The summed E-state index contributed by atoms with van der Waals surface area (Å²) in [5.41, 5.74) is 0. The highest BCUT2D eigenvalue weighted by atomic mass is 16.5. The highest BCUT2D eigenvalue weighted by Crippen LogP contribution is 2.11. The van der Waals surface area contributed by atoms with Crippen LogP contribution >= 0.6 is 0 Å². The molecule has 1 aromatic heterocycles. The van der Waals surface area contributed by atoms with Gasteiger partial charge >= 0.3 is 0 Å². The van der Waals surface area contributed by atoms with Gasteiger partial charge in [0.2, 0.25) is 5.91 Å². The third kappa shape index (κ3) is 3.16. The Morgan fingerprint density at radius 3 is 3.10 bits per heavy atom. The van der Waals surface area contributed by atoms with Crippen molar-refractivity contribution < 1.29 is 9.53 Å². The monoisotopic (exact) mass is 279 g/mol. The van der Waals surface area contributed by atoms with Crippen LogP contribution in [0.4, 0.5) is 0 Å². The zero-order valence-electron chi connectivity index (χ0n) is 11.6. The molecule has 0 spiro atoms. The van der Waals surface area contributed by atoms with Crippen LogP contribution in [0.3, 0.4) is 0 Å². The number of carbonyl (C=O) groups excluding carboxylic acids is 1. The third-order valence-electron chi connectivity index (χ3n) is 3.95. The zero-order chi connectivity index (χ0) is 13.8. The van der Waals surface area contributed by atoms with E-state index in [-0.39, 0.29) is 5.91 Å². The van der Waals surface area contributed by atoms with Gasteiger partial charge in [0.1, 0.15) is 6.33 Å². The number of hydrogen-bond acceptors (Lipinski definition) is 5. The number of nitrogens with zero attached hydrogens (tertiary/aromatic N) is 4. The topological polar surface area (TPSA) is 72.3 Å². The van der Waals surface area contributed by atoms with Crippen LogP contribution in [0.1, 0.15) is 25.1 Å². The molecule has 1 saturated heterocycles. The van der Waals surface area contributed by atoms with Gasteiger partial charge in [-0.3, -0.25) is 4.79 Å². The SMILES string of the molecule is O=C(CCOC1CCNCC1)N1CCn2cnnc2C1. The van der Waals surface area contributed by atoms with Crippen molar-refractivity contribution in [2.75, 3.05) is 26.2 Å². The lowest BCUT2D eigenvalue weighted by Crippen LogP contribution is -2.39. The lowest BCUT2D eigenvalue weighted by Gasteiger charge is -2.28. The van der Waals surface area contributed by atoms with E-state index in [0.29, 0.717) is 25.7 Å². The molecule has 0 unspecified atom stereocenters. The maximum atomic E-state index is 12.1. The maximum absolute atomic E-state index is 12.1. The normalized spacial score (nSPS) is 19.9. The Balaban J connectivity index is 1.41. The number of fused-ring (bicyclic) bond motifs is 1. The van der Waals surface area contributed by atoms with Crippen molar-refractivity contribution in [2.24, 2.45) is 0 Å². The van der Waals surface area contributed by atoms with Crippen molar-refractivity contribution in [1.82, 2.24) is 25.0 Å². The van der Waals surface area contributed by atoms with Crippen LogP contribution in [0, 0.1) is 0 Å². The van der Waals surface area contributed by atoms with Crippen LogP contribution in [0.15, 0.2) is 6.33 Å². The number of nitrogens with one attached hydrogen (secondary N) is 1. The summed E-state index contributed by atoms with van der Waals surface area (Å²) >= 11 is 0. The van der Waals surface area contributed by atoms with E-state index >= 15 is 0 Å². The molecule has 0 saturated carbocycles. The van der Waals surface area contributed by atoms with Crippen molar-refractivity contribution in [1.29, 1.82) is 0 Å². The first-order chi connectivity index (χ1) is 9.83. The molecule has 20 heavy (non-hydrogen) atoms. The summed E-state index contributed by atoms with van der Waals surface area (Å²) in [7, 11) is 0. The van der Waals surface area contributed by atoms with E-state index in [1.54, 1.807) is 6.33 Å². The number of carbonyl (C=O) groups is 1. The molecule has 7 nitrogen and oxygen atoms in total. The minimum absolute atomic E-state index is 0.146. The number of rotatable bonds is 4. The van der Waals surface area contributed by atoms with Gasteiger partial charge in [0.25, 0.3) is 0 Å². The number of aromatic nitrogens is 3. The minimum atomic E-state index is 0.146. The zero-order valence-corrected chi connectivity index (χ0v) is 11.6. The number of piperidine rings is 1. The predicted octanol–water partition coefficient (Wildman–Crippen LogP) is -0.221. The van der Waals surface area contributed by atoms with E-state index in [4.69, 9.17) is 4.74 Å². The first-order valence-corrected chi connectivity index (χ1v) is 7.30. The van der Waals surface area contributed by atoms with E-state index in [0.717, 1.165) is 44.8 Å². The Labute approximate surface area is 118 Å². The van der Waals surface area contributed by atoms with Crippen LogP contribution in [-0.2, 0) is 22.6 Å². The summed E-state index contributed by atoms with van der Waals surface area (Å²) < 4.78 is 7.77. The van der Waals surface area contributed by atoms with Gasteiger partial charge in [-0.25, -0.2) is 0 Å². The van der Waals surface area contributed by atoms with Gasteiger partial charge in [-0.05, 0) is 25.9 Å². The van der Waals surface area contributed by atoms with Gasteiger partial charge in [0.05, 0.1) is 25.7 Å². The van der Waals surface area contributed by atoms with Gasteiger partial charge in [-0.15, -0.1) is 10.2 Å².